The van der Waals surface area contributed by atoms with E-state index in [1.807, 2.05) is 0 Å². The predicted molar refractivity (Wildman–Crippen MR) is 62.7 cm³/mol. The lowest BCUT2D eigenvalue weighted by molar-refractivity contribution is -0.127. The van der Waals surface area contributed by atoms with Crippen molar-refractivity contribution >= 4 is 5.91 Å². The Balaban J connectivity index is 1.63. The fourth-order valence-electron chi connectivity index (χ4n) is 2.65. The molecule has 2 bridgehead atoms. The van der Waals surface area contributed by atoms with Gasteiger partial charge < -0.3 is 10.1 Å². The summed E-state index contributed by atoms with van der Waals surface area (Å²) in [5.74, 6) is 1.51. The number of allylic oxidation sites excluding steroid dienone is 2. The zero-order valence-electron chi connectivity index (χ0n) is 9.95. The quantitative estimate of drug-likeness (QED) is 0.425. The molecule has 1 saturated carbocycles. The van der Waals surface area contributed by atoms with E-state index < -0.39 is 0 Å². The Bertz CT molecular complexity index is 275. The van der Waals surface area contributed by atoms with Gasteiger partial charge in [0.1, 0.15) is 6.73 Å². The fraction of sp³-hybridized carbons (Fsp3) is 0.769. The highest BCUT2D eigenvalue weighted by atomic mass is 16.5. The molecule has 3 unspecified atom stereocenters. The second-order valence-electron chi connectivity index (χ2n) is 4.83. The van der Waals surface area contributed by atoms with Crippen molar-refractivity contribution in [2.45, 2.75) is 32.6 Å². The van der Waals surface area contributed by atoms with Gasteiger partial charge in [0.25, 0.3) is 0 Å². The largest absolute Gasteiger partial charge is 0.361 e. The van der Waals surface area contributed by atoms with E-state index in [4.69, 9.17) is 4.74 Å². The molecule has 1 amide bonds. The van der Waals surface area contributed by atoms with Gasteiger partial charge in [-0.3, -0.25) is 4.79 Å². The van der Waals surface area contributed by atoms with Gasteiger partial charge in [0.05, 0.1) is 0 Å². The van der Waals surface area contributed by atoms with Gasteiger partial charge in [0.2, 0.25) is 5.91 Å². The Morgan fingerprint density at radius 1 is 1.44 bits per heavy atom. The number of carbonyl (C=O) groups excluding carboxylic acids is 1. The molecule has 1 fully saturated rings. The SMILES string of the molecule is CCCCOCNC(=O)C1CC2C=CC1C2. The molecule has 1 N–H and O–H groups in total. The van der Waals surface area contributed by atoms with E-state index in [-0.39, 0.29) is 11.8 Å². The van der Waals surface area contributed by atoms with E-state index in [0.29, 0.717) is 18.6 Å². The third-order valence-electron chi connectivity index (χ3n) is 3.61. The molecule has 3 atom stereocenters. The summed E-state index contributed by atoms with van der Waals surface area (Å²) in [6.07, 6.45) is 8.86. The standard InChI is InChI=1S/C13H21NO2/c1-2-3-6-16-9-14-13(15)12-8-10-4-5-11(12)7-10/h4-5,10-12H,2-3,6-9H2,1H3,(H,14,15). The van der Waals surface area contributed by atoms with Crippen LogP contribution < -0.4 is 5.32 Å². The van der Waals surface area contributed by atoms with Crippen LogP contribution in [0.3, 0.4) is 0 Å². The summed E-state index contributed by atoms with van der Waals surface area (Å²) < 4.78 is 5.33. The van der Waals surface area contributed by atoms with Gasteiger partial charge in [-0.1, -0.05) is 25.5 Å². The summed E-state index contributed by atoms with van der Waals surface area (Å²) in [5.41, 5.74) is 0. The Morgan fingerprint density at radius 2 is 2.31 bits per heavy atom. The van der Waals surface area contributed by atoms with Crippen molar-refractivity contribution in [1.82, 2.24) is 5.32 Å². The van der Waals surface area contributed by atoms with E-state index in [9.17, 15) is 4.79 Å². The Kier molecular flexibility index (Phi) is 3.99. The van der Waals surface area contributed by atoms with E-state index in [2.05, 4.69) is 24.4 Å². The summed E-state index contributed by atoms with van der Waals surface area (Å²) in [6.45, 7) is 3.24. The highest BCUT2D eigenvalue weighted by molar-refractivity contribution is 5.79. The monoisotopic (exact) mass is 223 g/mol. The van der Waals surface area contributed by atoms with Crippen LogP contribution >= 0.6 is 0 Å². The zero-order valence-corrected chi connectivity index (χ0v) is 9.95. The van der Waals surface area contributed by atoms with E-state index in [0.717, 1.165) is 25.9 Å². The number of hydrogen-bond donors (Lipinski definition) is 1. The number of ether oxygens (including phenoxy) is 1. The molecule has 0 aliphatic heterocycles. The Labute approximate surface area is 97.2 Å². The lowest BCUT2D eigenvalue weighted by atomic mass is 9.93. The molecule has 16 heavy (non-hydrogen) atoms. The molecule has 2 aliphatic carbocycles. The maximum atomic E-state index is 11.8. The molecule has 0 spiro atoms. The lowest BCUT2D eigenvalue weighted by Crippen LogP contribution is -2.34. The molecule has 0 heterocycles. The summed E-state index contributed by atoms with van der Waals surface area (Å²) in [6, 6.07) is 0. The van der Waals surface area contributed by atoms with Crippen molar-refractivity contribution in [3.8, 4) is 0 Å². The van der Waals surface area contributed by atoms with Gasteiger partial charge in [0, 0.05) is 12.5 Å². The van der Waals surface area contributed by atoms with Crippen molar-refractivity contribution in [2.24, 2.45) is 17.8 Å². The van der Waals surface area contributed by atoms with Crippen LogP contribution in [-0.2, 0) is 9.53 Å². The first-order valence-corrected chi connectivity index (χ1v) is 6.35. The topological polar surface area (TPSA) is 38.3 Å². The van der Waals surface area contributed by atoms with Gasteiger partial charge >= 0.3 is 0 Å². The number of unbranched alkanes of at least 4 members (excludes halogenated alkanes) is 1. The minimum Gasteiger partial charge on any atom is -0.361 e. The smallest absolute Gasteiger partial charge is 0.225 e. The van der Waals surface area contributed by atoms with Crippen LogP contribution in [0.1, 0.15) is 32.6 Å². The summed E-state index contributed by atoms with van der Waals surface area (Å²) in [5, 5.41) is 2.87. The molecule has 0 saturated heterocycles. The Hall–Kier alpha value is -0.830. The molecule has 3 nitrogen and oxygen atoms in total. The summed E-state index contributed by atoms with van der Waals surface area (Å²) in [4.78, 5) is 11.8. The van der Waals surface area contributed by atoms with Crippen molar-refractivity contribution < 1.29 is 9.53 Å². The van der Waals surface area contributed by atoms with Crippen LogP contribution in [0, 0.1) is 17.8 Å². The average molecular weight is 223 g/mol. The summed E-state index contributed by atoms with van der Waals surface area (Å²) >= 11 is 0. The number of carbonyl (C=O) groups is 1. The molecule has 0 aromatic heterocycles. The second kappa shape index (κ2) is 5.48. The predicted octanol–water partition coefficient (Wildman–Crippen LogP) is 2.09. The summed E-state index contributed by atoms with van der Waals surface area (Å²) in [7, 11) is 0. The van der Waals surface area contributed by atoms with Crippen molar-refractivity contribution in [1.29, 1.82) is 0 Å². The molecule has 2 rings (SSSR count). The number of hydrogen-bond acceptors (Lipinski definition) is 2. The molecular weight excluding hydrogens is 202 g/mol. The van der Waals surface area contributed by atoms with Gasteiger partial charge in [-0.25, -0.2) is 0 Å². The Morgan fingerprint density at radius 3 is 2.94 bits per heavy atom. The molecular formula is C13H21NO2. The highest BCUT2D eigenvalue weighted by Gasteiger charge is 2.39. The van der Waals surface area contributed by atoms with Gasteiger partial charge in [-0.05, 0) is 31.1 Å². The molecule has 90 valence electrons. The third-order valence-corrected chi connectivity index (χ3v) is 3.61. The maximum absolute atomic E-state index is 11.8. The third kappa shape index (κ3) is 2.64. The van der Waals surface area contributed by atoms with Gasteiger partial charge in [-0.2, -0.15) is 0 Å². The first-order chi connectivity index (χ1) is 7.81. The average Bonchev–Trinajstić information content (AvgIpc) is 2.90. The van der Waals surface area contributed by atoms with Gasteiger partial charge in [-0.15, -0.1) is 0 Å². The second-order valence-corrected chi connectivity index (χ2v) is 4.83. The van der Waals surface area contributed by atoms with Crippen LogP contribution in [0.2, 0.25) is 0 Å². The normalized spacial score (nSPS) is 30.9. The lowest BCUT2D eigenvalue weighted by Gasteiger charge is -2.17. The number of amides is 1. The molecule has 0 aromatic rings. The molecule has 0 aromatic carbocycles. The fourth-order valence-corrected chi connectivity index (χ4v) is 2.65. The van der Waals surface area contributed by atoms with Crippen molar-refractivity contribution in [2.75, 3.05) is 13.3 Å². The number of rotatable bonds is 6. The van der Waals surface area contributed by atoms with Crippen LogP contribution in [0.5, 0.6) is 0 Å². The minimum absolute atomic E-state index is 0.174. The molecule has 3 heteroatoms. The van der Waals surface area contributed by atoms with Crippen molar-refractivity contribution in [3.63, 3.8) is 0 Å². The molecule has 0 radical (unpaired) electrons. The van der Waals surface area contributed by atoms with Crippen LogP contribution in [0.4, 0.5) is 0 Å². The first-order valence-electron chi connectivity index (χ1n) is 6.35. The maximum Gasteiger partial charge on any atom is 0.225 e. The van der Waals surface area contributed by atoms with E-state index >= 15 is 0 Å². The minimum atomic E-state index is 0.174. The zero-order chi connectivity index (χ0) is 11.4. The van der Waals surface area contributed by atoms with Crippen LogP contribution in [-0.4, -0.2) is 19.2 Å². The highest BCUT2D eigenvalue weighted by Crippen LogP contribution is 2.43. The molecule has 2 aliphatic rings. The van der Waals surface area contributed by atoms with E-state index in [1.165, 1.54) is 6.42 Å². The number of fused-ring (bicyclic) bond motifs is 2. The first kappa shape index (κ1) is 11.6. The van der Waals surface area contributed by atoms with Crippen molar-refractivity contribution in [3.05, 3.63) is 12.2 Å². The number of nitrogens with one attached hydrogen (secondary N) is 1. The van der Waals surface area contributed by atoms with E-state index in [1.54, 1.807) is 0 Å². The van der Waals surface area contributed by atoms with Crippen LogP contribution in [0.15, 0.2) is 12.2 Å². The van der Waals surface area contributed by atoms with Crippen LogP contribution in [0.25, 0.3) is 0 Å². The van der Waals surface area contributed by atoms with Gasteiger partial charge in [0.15, 0.2) is 0 Å².